The second-order valence-corrected chi connectivity index (χ2v) is 1.59. The molecule has 0 nitrogen and oxygen atoms in total. The van der Waals surface area contributed by atoms with Gasteiger partial charge in [-0.05, 0) is 0 Å². The van der Waals surface area contributed by atoms with Gasteiger partial charge in [0, 0.05) is 77.3 Å². The van der Waals surface area contributed by atoms with Crippen LogP contribution in [0.25, 0.3) is 0 Å². The van der Waals surface area contributed by atoms with Gasteiger partial charge >= 0.3 is 40.1 Å². The van der Waals surface area contributed by atoms with Crippen molar-refractivity contribution < 1.29 is 117 Å². The van der Waals surface area contributed by atoms with E-state index in [-0.39, 0.29) is 77.3 Å². The minimum absolute atomic E-state index is 0. The van der Waals surface area contributed by atoms with E-state index in [1.807, 2.05) is 0 Å². The number of halogens is 3. The fourth-order valence-electron chi connectivity index (χ4n) is 0. The molecule has 0 heterocycles. The molecule has 6 heavy (non-hydrogen) atoms. The van der Waals surface area contributed by atoms with Crippen LogP contribution >= 0.6 is 0 Å². The van der Waals surface area contributed by atoms with Crippen molar-refractivity contribution in [2.75, 3.05) is 0 Å². The Morgan fingerprint density at radius 2 is 1.00 bits per heavy atom. The first-order valence-electron chi connectivity index (χ1n) is 0.567. The maximum Gasteiger partial charge on any atom is 0 e. The Morgan fingerprint density at radius 3 is 1.00 bits per heavy atom. The summed E-state index contributed by atoms with van der Waals surface area (Å²) in [5.41, 5.74) is 0. The van der Waals surface area contributed by atoms with Gasteiger partial charge < -0.3 is 0 Å². The first-order chi connectivity index (χ1) is 1.73. The maximum atomic E-state index is 9.88. The molecule has 0 bridgehead atoms. The van der Waals surface area contributed by atoms with Crippen LogP contribution in [0.5, 0.6) is 0 Å². The van der Waals surface area contributed by atoms with Crippen molar-refractivity contribution in [3.8, 4) is 0 Å². The Morgan fingerprint density at radius 1 is 1.00 bits per heavy atom. The fourth-order valence-corrected chi connectivity index (χ4v) is 0. The van der Waals surface area contributed by atoms with Crippen LogP contribution < -0.4 is 0 Å². The van der Waals surface area contributed by atoms with E-state index in [0.29, 0.717) is 0 Å². The Balaban J connectivity index is -0.0000000450. The minimum atomic E-state index is -5.16. The summed E-state index contributed by atoms with van der Waals surface area (Å²) in [5, 5.41) is 0. The molecule has 32 valence electrons. The van der Waals surface area contributed by atoms with Crippen LogP contribution in [0, 0.1) is 114 Å². The first kappa shape index (κ1) is 16.4. The second kappa shape index (κ2) is 11.5. The molecular weight excluding hydrogens is 480 g/mol. The number of hydrogen-bond donors (Lipinski definition) is 0. The van der Waals surface area contributed by atoms with Crippen LogP contribution in [0.4, 0.5) is 3.04 Å². The SMILES string of the molecule is [Ce].[F][Nd]([F])[F].[La]. The van der Waals surface area contributed by atoms with Gasteiger partial charge in [-0.2, -0.15) is 0 Å². The number of hydrogen-bond acceptors (Lipinski definition) is 0. The van der Waals surface area contributed by atoms with Crippen molar-refractivity contribution in [1.29, 1.82) is 0 Å². The van der Waals surface area contributed by atoms with Crippen molar-refractivity contribution in [2.24, 2.45) is 0 Å². The summed E-state index contributed by atoms with van der Waals surface area (Å²) in [4.78, 5) is 0. The largest absolute Gasteiger partial charge is 0 e. The van der Waals surface area contributed by atoms with Gasteiger partial charge in [-0.1, -0.05) is 0 Å². The summed E-state index contributed by atoms with van der Waals surface area (Å²) in [5.74, 6) is 0. The van der Waals surface area contributed by atoms with Crippen LogP contribution in [0.2, 0.25) is 0 Å². The van der Waals surface area contributed by atoms with Gasteiger partial charge in [-0.25, -0.2) is 0 Å². The third-order valence-electron chi connectivity index (χ3n) is 0. The monoisotopic (exact) mass is 478 g/mol. The molecule has 0 unspecified atom stereocenters. The Bertz CT molecular complexity index is 15.5. The van der Waals surface area contributed by atoms with E-state index in [1.165, 1.54) is 0 Å². The van der Waals surface area contributed by atoms with Gasteiger partial charge in [0.25, 0.3) is 0 Å². The molecule has 0 fully saturated rings. The zero-order valence-corrected chi connectivity index (χ0v) is 12.7. The zero-order chi connectivity index (χ0) is 3.58. The van der Waals surface area contributed by atoms with Crippen LogP contribution in [0.15, 0.2) is 0 Å². The van der Waals surface area contributed by atoms with Crippen molar-refractivity contribution >= 4 is 0 Å². The van der Waals surface area contributed by atoms with Gasteiger partial charge in [-0.15, -0.1) is 0 Å². The third kappa shape index (κ3) is 25.2. The summed E-state index contributed by atoms with van der Waals surface area (Å²) >= 11 is -5.16. The molecule has 6 heteroatoms. The predicted octanol–water partition coefficient (Wildman–Crippen LogP) is 1.26. The average molecular weight is 480 g/mol. The molecule has 0 aromatic heterocycles. The summed E-state index contributed by atoms with van der Waals surface area (Å²) in [6.45, 7) is 0. The van der Waals surface area contributed by atoms with Crippen LogP contribution in [-0.2, 0) is 0 Å². The second-order valence-electron chi connectivity index (χ2n) is 0.214. The van der Waals surface area contributed by atoms with Crippen molar-refractivity contribution in [3.63, 3.8) is 0 Å². The van der Waals surface area contributed by atoms with E-state index in [2.05, 4.69) is 0 Å². The van der Waals surface area contributed by atoms with E-state index in [4.69, 9.17) is 0 Å². The molecule has 0 rings (SSSR count). The first-order valence-corrected chi connectivity index (χ1v) is 4.20. The van der Waals surface area contributed by atoms with Crippen LogP contribution in [-0.4, -0.2) is 0 Å². The molecule has 0 saturated carbocycles. The molecule has 0 aliphatic heterocycles. The smallest absolute Gasteiger partial charge is 0 e. The molecule has 0 saturated heterocycles. The van der Waals surface area contributed by atoms with Crippen LogP contribution in [0.1, 0.15) is 0 Å². The molecule has 0 spiro atoms. The summed E-state index contributed by atoms with van der Waals surface area (Å²) in [6.07, 6.45) is 0. The van der Waals surface area contributed by atoms with Crippen LogP contribution in [0.3, 0.4) is 0 Å². The van der Waals surface area contributed by atoms with E-state index >= 15 is 0 Å². The van der Waals surface area contributed by atoms with Gasteiger partial charge in [-0.3, -0.25) is 0 Å². The van der Waals surface area contributed by atoms with Gasteiger partial charge in [0.15, 0.2) is 0 Å². The summed E-state index contributed by atoms with van der Waals surface area (Å²) in [6, 6.07) is 0. The van der Waals surface area contributed by atoms with Gasteiger partial charge in [0.1, 0.15) is 0 Å². The molecule has 0 aromatic carbocycles. The average Bonchev–Trinajstić information content (AvgIpc) is 0.811. The van der Waals surface area contributed by atoms with Crippen molar-refractivity contribution in [2.45, 2.75) is 0 Å². The summed E-state index contributed by atoms with van der Waals surface area (Å²) < 4.78 is 29.6. The molecule has 0 N–H and O–H groups in total. The topological polar surface area (TPSA) is 0 Å². The van der Waals surface area contributed by atoms with Gasteiger partial charge in [0.2, 0.25) is 0 Å². The van der Waals surface area contributed by atoms with E-state index in [9.17, 15) is 3.04 Å². The molecule has 0 amide bonds. The number of rotatable bonds is 0. The van der Waals surface area contributed by atoms with Crippen molar-refractivity contribution in [3.05, 3.63) is 0 Å². The molecule has 0 aliphatic rings. The summed E-state index contributed by atoms with van der Waals surface area (Å²) in [7, 11) is 0. The minimum Gasteiger partial charge on any atom is 0 e. The zero-order valence-electron chi connectivity index (χ0n) is 2.71. The quantitative estimate of drug-likeness (QED) is 0.490. The van der Waals surface area contributed by atoms with Gasteiger partial charge in [0.05, 0.1) is 0 Å². The standard InChI is InChI=1S/Ce.3FH.La.Nd/h;3*1H;;/q;;;;;+3/p-3. The van der Waals surface area contributed by atoms with E-state index in [1.54, 1.807) is 0 Å². The Labute approximate surface area is 114 Å². The van der Waals surface area contributed by atoms with E-state index < -0.39 is 37.1 Å². The molecule has 1 radical (unpaired) electrons. The molecule has 0 aromatic rings. The molecular formula is CeF3LaNd. The van der Waals surface area contributed by atoms with E-state index in [0.717, 1.165) is 0 Å². The molecule has 0 atom stereocenters. The third-order valence-corrected chi connectivity index (χ3v) is 0. The Kier molecular flexibility index (Phi) is 31.4. The maximum absolute atomic E-state index is 9.88. The molecule has 0 aliphatic carbocycles. The van der Waals surface area contributed by atoms with Crippen molar-refractivity contribution in [1.82, 2.24) is 0 Å². The normalized spacial score (nSPS) is 4.50. The fraction of sp³-hybridized carbons (Fsp3) is 0. The Hall–Kier alpha value is 3.71. The predicted molar refractivity (Wildman–Crippen MR) is 3.32 cm³/mol.